The van der Waals surface area contributed by atoms with Crippen LogP contribution in [0.4, 0.5) is 0 Å². The van der Waals surface area contributed by atoms with Crippen LogP contribution in [0.3, 0.4) is 0 Å². The summed E-state index contributed by atoms with van der Waals surface area (Å²) in [6, 6.07) is 0.300. The second-order valence-corrected chi connectivity index (χ2v) is 6.55. The van der Waals surface area contributed by atoms with Crippen molar-refractivity contribution in [3.05, 3.63) is 0 Å². The molecule has 1 fully saturated rings. The van der Waals surface area contributed by atoms with E-state index >= 15 is 0 Å². The molecule has 96 valence electrons. The van der Waals surface area contributed by atoms with Crippen LogP contribution >= 0.6 is 0 Å². The van der Waals surface area contributed by atoms with Gasteiger partial charge in [-0.1, -0.05) is 13.3 Å². The molecule has 1 aliphatic carbocycles. The molecular formula is C11H24N2O2S. The summed E-state index contributed by atoms with van der Waals surface area (Å²) < 4.78 is 25.9. The Balaban J connectivity index is 2.47. The van der Waals surface area contributed by atoms with Crippen LogP contribution in [-0.4, -0.2) is 37.6 Å². The molecule has 2 N–H and O–H groups in total. The highest BCUT2D eigenvalue weighted by Crippen LogP contribution is 2.30. The van der Waals surface area contributed by atoms with E-state index in [-0.39, 0.29) is 5.75 Å². The summed E-state index contributed by atoms with van der Waals surface area (Å²) in [5.41, 5.74) is 5.38. The van der Waals surface area contributed by atoms with Crippen molar-refractivity contribution in [2.24, 2.45) is 5.73 Å². The predicted molar refractivity (Wildman–Crippen MR) is 66.7 cm³/mol. The van der Waals surface area contributed by atoms with Crippen molar-refractivity contribution in [3.63, 3.8) is 0 Å². The number of rotatable bonds is 9. The first-order chi connectivity index (χ1) is 7.61. The first-order valence-corrected chi connectivity index (χ1v) is 7.92. The fraction of sp³-hybridized carbons (Fsp3) is 1.00. The standard InChI is InChI=1S/C11H24N2O2S/c1-2-3-9-13(11-6-7-11)16(14,15)10-5-4-8-12/h11H,2-10,12H2,1H3. The zero-order chi connectivity index (χ0) is 12.0. The van der Waals surface area contributed by atoms with E-state index in [2.05, 4.69) is 6.92 Å². The lowest BCUT2D eigenvalue weighted by Crippen LogP contribution is -2.35. The summed E-state index contributed by atoms with van der Waals surface area (Å²) >= 11 is 0. The fourth-order valence-corrected chi connectivity index (χ4v) is 3.65. The van der Waals surface area contributed by atoms with Gasteiger partial charge in [-0.2, -0.15) is 4.31 Å². The highest BCUT2D eigenvalue weighted by Gasteiger charge is 2.35. The third kappa shape index (κ3) is 4.39. The van der Waals surface area contributed by atoms with Crippen molar-refractivity contribution >= 4 is 10.0 Å². The molecule has 0 aromatic heterocycles. The highest BCUT2D eigenvalue weighted by atomic mass is 32.2. The van der Waals surface area contributed by atoms with Crippen LogP contribution in [-0.2, 0) is 10.0 Å². The Morgan fingerprint density at radius 3 is 2.44 bits per heavy atom. The zero-order valence-electron chi connectivity index (χ0n) is 10.2. The van der Waals surface area contributed by atoms with Crippen LogP contribution < -0.4 is 5.73 Å². The van der Waals surface area contributed by atoms with Gasteiger partial charge in [-0.15, -0.1) is 0 Å². The molecular weight excluding hydrogens is 224 g/mol. The minimum atomic E-state index is -3.03. The number of nitrogens with zero attached hydrogens (tertiary/aromatic N) is 1. The number of nitrogens with two attached hydrogens (primary N) is 1. The van der Waals surface area contributed by atoms with Crippen molar-refractivity contribution in [1.29, 1.82) is 0 Å². The second-order valence-electron chi connectivity index (χ2n) is 4.51. The molecule has 0 bridgehead atoms. The maximum Gasteiger partial charge on any atom is 0.214 e. The monoisotopic (exact) mass is 248 g/mol. The summed E-state index contributed by atoms with van der Waals surface area (Å²) in [5.74, 6) is 0.268. The molecule has 0 aliphatic heterocycles. The molecule has 0 amide bonds. The third-order valence-corrected chi connectivity index (χ3v) is 4.90. The normalized spacial score (nSPS) is 16.9. The highest BCUT2D eigenvalue weighted by molar-refractivity contribution is 7.89. The van der Waals surface area contributed by atoms with E-state index in [1.54, 1.807) is 4.31 Å². The lowest BCUT2D eigenvalue weighted by Gasteiger charge is -2.21. The van der Waals surface area contributed by atoms with Crippen LogP contribution in [0.2, 0.25) is 0 Å². The minimum absolute atomic E-state index is 0.268. The molecule has 1 saturated carbocycles. The zero-order valence-corrected chi connectivity index (χ0v) is 11.0. The molecule has 16 heavy (non-hydrogen) atoms. The predicted octanol–water partition coefficient (Wildman–Crippen LogP) is 1.32. The van der Waals surface area contributed by atoms with Crippen LogP contribution in [0.15, 0.2) is 0 Å². The van der Waals surface area contributed by atoms with E-state index in [9.17, 15) is 8.42 Å². The van der Waals surface area contributed by atoms with Crippen molar-refractivity contribution in [1.82, 2.24) is 4.31 Å². The van der Waals surface area contributed by atoms with Gasteiger partial charge in [0.2, 0.25) is 10.0 Å². The molecule has 0 aromatic carbocycles. The number of sulfonamides is 1. The fourth-order valence-electron chi connectivity index (χ4n) is 1.77. The summed E-state index contributed by atoms with van der Waals surface area (Å²) in [7, 11) is -3.03. The van der Waals surface area contributed by atoms with E-state index < -0.39 is 10.0 Å². The van der Waals surface area contributed by atoms with Gasteiger partial charge < -0.3 is 5.73 Å². The van der Waals surface area contributed by atoms with Crippen LogP contribution in [0.1, 0.15) is 45.4 Å². The lowest BCUT2D eigenvalue weighted by atomic mass is 10.3. The Labute approximate surface area is 99.2 Å². The molecule has 0 heterocycles. The number of hydrogen-bond donors (Lipinski definition) is 1. The topological polar surface area (TPSA) is 63.4 Å². The van der Waals surface area contributed by atoms with E-state index in [4.69, 9.17) is 5.73 Å². The van der Waals surface area contributed by atoms with E-state index in [0.29, 0.717) is 25.6 Å². The first-order valence-electron chi connectivity index (χ1n) is 6.31. The Bertz CT molecular complexity index is 286. The molecule has 0 aromatic rings. The van der Waals surface area contributed by atoms with E-state index in [0.717, 1.165) is 32.1 Å². The molecule has 0 saturated heterocycles. The number of unbranched alkanes of at least 4 members (excludes halogenated alkanes) is 2. The summed E-state index contributed by atoms with van der Waals surface area (Å²) in [6.45, 7) is 3.37. The largest absolute Gasteiger partial charge is 0.330 e. The van der Waals surface area contributed by atoms with Crippen molar-refractivity contribution in [2.75, 3.05) is 18.8 Å². The van der Waals surface area contributed by atoms with Crippen LogP contribution in [0.25, 0.3) is 0 Å². The maximum atomic E-state index is 12.1. The van der Waals surface area contributed by atoms with Crippen LogP contribution in [0.5, 0.6) is 0 Å². The first kappa shape index (κ1) is 13.9. The Hall–Kier alpha value is -0.130. The van der Waals surface area contributed by atoms with Gasteiger partial charge in [0.15, 0.2) is 0 Å². The SMILES string of the molecule is CCCCN(C1CC1)S(=O)(=O)CCCCN. The Kier molecular flexibility index (Phi) is 5.72. The average molecular weight is 248 g/mol. The molecule has 0 spiro atoms. The lowest BCUT2D eigenvalue weighted by molar-refractivity contribution is 0.395. The quantitative estimate of drug-likeness (QED) is 0.626. The van der Waals surface area contributed by atoms with E-state index in [1.165, 1.54) is 0 Å². The summed E-state index contributed by atoms with van der Waals surface area (Å²) in [6.07, 6.45) is 5.58. The molecule has 1 rings (SSSR count). The molecule has 5 heteroatoms. The molecule has 4 nitrogen and oxygen atoms in total. The molecule has 1 aliphatic rings. The molecule has 0 radical (unpaired) electrons. The average Bonchev–Trinajstić information content (AvgIpc) is 3.02. The van der Waals surface area contributed by atoms with Gasteiger partial charge >= 0.3 is 0 Å². The maximum absolute atomic E-state index is 12.1. The Morgan fingerprint density at radius 1 is 1.25 bits per heavy atom. The summed E-state index contributed by atoms with van der Waals surface area (Å²) in [4.78, 5) is 0. The van der Waals surface area contributed by atoms with Gasteiger partial charge in [0.1, 0.15) is 0 Å². The van der Waals surface area contributed by atoms with Gasteiger partial charge in [-0.3, -0.25) is 0 Å². The van der Waals surface area contributed by atoms with Gasteiger partial charge in [-0.05, 0) is 38.6 Å². The molecule has 0 unspecified atom stereocenters. The van der Waals surface area contributed by atoms with Crippen molar-refractivity contribution in [2.45, 2.75) is 51.5 Å². The van der Waals surface area contributed by atoms with E-state index in [1.807, 2.05) is 0 Å². The van der Waals surface area contributed by atoms with Crippen molar-refractivity contribution < 1.29 is 8.42 Å². The minimum Gasteiger partial charge on any atom is -0.330 e. The summed E-state index contributed by atoms with van der Waals surface area (Å²) in [5, 5.41) is 0. The number of hydrogen-bond acceptors (Lipinski definition) is 3. The second kappa shape index (κ2) is 6.57. The molecule has 0 atom stereocenters. The van der Waals surface area contributed by atoms with Gasteiger partial charge in [0.25, 0.3) is 0 Å². The Morgan fingerprint density at radius 2 is 1.94 bits per heavy atom. The van der Waals surface area contributed by atoms with Crippen LogP contribution in [0, 0.1) is 0 Å². The van der Waals surface area contributed by atoms with Gasteiger partial charge in [-0.25, -0.2) is 8.42 Å². The third-order valence-electron chi connectivity index (χ3n) is 2.90. The van der Waals surface area contributed by atoms with Crippen molar-refractivity contribution in [3.8, 4) is 0 Å². The van der Waals surface area contributed by atoms with Gasteiger partial charge in [0, 0.05) is 12.6 Å². The van der Waals surface area contributed by atoms with Gasteiger partial charge in [0.05, 0.1) is 5.75 Å². The smallest absolute Gasteiger partial charge is 0.214 e.